The van der Waals surface area contributed by atoms with E-state index in [1.807, 2.05) is 22.6 Å². The summed E-state index contributed by atoms with van der Waals surface area (Å²) in [6.07, 6.45) is -0.720. The summed E-state index contributed by atoms with van der Waals surface area (Å²) in [5.41, 5.74) is 0. The Hall–Kier alpha value is 0.610. The molecule has 0 aromatic heterocycles. The smallest absolute Gasteiger partial charge is 0.219 e. The molecule has 5 heteroatoms. The molecule has 1 rings (SSSR count). The predicted octanol–water partition coefficient (Wildman–Crippen LogP) is 1.71. The zero-order chi connectivity index (χ0) is 9.35. The standard InChI is InChI=1S/C7H10ClIO3/c1-4-6(5(10)3-8)12-7(2,9)11-4/h4,6H,3H2,1-2H3/t4-,6?,7?/m0/s1. The van der Waals surface area contributed by atoms with E-state index in [4.69, 9.17) is 21.1 Å². The highest BCUT2D eigenvalue weighted by atomic mass is 127. The van der Waals surface area contributed by atoms with Gasteiger partial charge in [-0.05, 0) is 36.4 Å². The second-order valence-electron chi connectivity index (χ2n) is 2.80. The van der Waals surface area contributed by atoms with Crippen molar-refractivity contribution in [1.29, 1.82) is 0 Å². The van der Waals surface area contributed by atoms with Gasteiger partial charge in [0.1, 0.15) is 6.10 Å². The van der Waals surface area contributed by atoms with E-state index in [-0.39, 0.29) is 17.8 Å². The number of hydrogen-bond acceptors (Lipinski definition) is 3. The summed E-state index contributed by atoms with van der Waals surface area (Å²) in [7, 11) is 0. The lowest BCUT2D eigenvalue weighted by atomic mass is 10.2. The molecule has 12 heavy (non-hydrogen) atoms. The first kappa shape index (κ1) is 10.7. The topological polar surface area (TPSA) is 35.5 Å². The van der Waals surface area contributed by atoms with Crippen molar-refractivity contribution >= 4 is 40.0 Å². The van der Waals surface area contributed by atoms with Gasteiger partial charge in [-0.1, -0.05) is 0 Å². The Morgan fingerprint density at radius 2 is 2.25 bits per heavy atom. The Morgan fingerprint density at radius 3 is 2.58 bits per heavy atom. The average molecular weight is 305 g/mol. The van der Waals surface area contributed by atoms with Crippen molar-refractivity contribution in [3.8, 4) is 0 Å². The van der Waals surface area contributed by atoms with Crippen LogP contribution in [-0.4, -0.2) is 27.7 Å². The van der Waals surface area contributed by atoms with Crippen molar-refractivity contribution in [2.75, 3.05) is 5.88 Å². The maximum atomic E-state index is 11.2. The minimum absolute atomic E-state index is 0.0227. The van der Waals surface area contributed by atoms with Crippen LogP contribution in [-0.2, 0) is 14.3 Å². The summed E-state index contributed by atoms with van der Waals surface area (Å²) in [4.78, 5) is 11.2. The normalized spacial score (nSPS) is 41.7. The van der Waals surface area contributed by atoms with Crippen LogP contribution < -0.4 is 0 Å². The lowest BCUT2D eigenvalue weighted by Crippen LogP contribution is -2.30. The number of hydrogen-bond donors (Lipinski definition) is 0. The molecule has 0 aromatic carbocycles. The van der Waals surface area contributed by atoms with Gasteiger partial charge in [0, 0.05) is 0 Å². The molecule has 0 aliphatic carbocycles. The number of rotatable bonds is 2. The lowest BCUT2D eigenvalue weighted by Gasteiger charge is -2.13. The Labute approximate surface area is 89.9 Å². The Bertz CT molecular complexity index is 195. The van der Waals surface area contributed by atoms with E-state index in [1.165, 1.54) is 0 Å². The molecule has 1 fully saturated rings. The molecular formula is C7H10ClIO3. The predicted molar refractivity (Wildman–Crippen MR) is 53.6 cm³/mol. The zero-order valence-electron chi connectivity index (χ0n) is 6.84. The first-order chi connectivity index (χ1) is 5.46. The minimum Gasteiger partial charge on any atom is -0.336 e. The van der Waals surface area contributed by atoms with Gasteiger partial charge in [0.25, 0.3) is 0 Å². The van der Waals surface area contributed by atoms with E-state index >= 15 is 0 Å². The molecule has 70 valence electrons. The molecule has 2 unspecified atom stereocenters. The second kappa shape index (κ2) is 3.77. The van der Waals surface area contributed by atoms with Crippen LogP contribution in [0.15, 0.2) is 0 Å². The number of halogens is 2. The van der Waals surface area contributed by atoms with Gasteiger partial charge >= 0.3 is 0 Å². The van der Waals surface area contributed by atoms with Gasteiger partial charge in [-0.25, -0.2) is 0 Å². The quantitative estimate of drug-likeness (QED) is 0.575. The fourth-order valence-electron chi connectivity index (χ4n) is 1.15. The van der Waals surface area contributed by atoms with Gasteiger partial charge in [-0.15, -0.1) is 11.6 Å². The van der Waals surface area contributed by atoms with Crippen LogP contribution >= 0.6 is 34.2 Å². The third-order valence-corrected chi connectivity index (χ3v) is 2.38. The fourth-order valence-corrected chi connectivity index (χ4v) is 1.97. The van der Waals surface area contributed by atoms with E-state index in [0.29, 0.717) is 0 Å². The third-order valence-electron chi connectivity index (χ3n) is 1.61. The van der Waals surface area contributed by atoms with Crippen LogP contribution in [0.1, 0.15) is 13.8 Å². The van der Waals surface area contributed by atoms with Crippen LogP contribution in [0.4, 0.5) is 0 Å². The second-order valence-corrected chi connectivity index (χ2v) is 5.02. The largest absolute Gasteiger partial charge is 0.336 e. The molecule has 0 bridgehead atoms. The summed E-state index contributed by atoms with van der Waals surface area (Å²) in [5.74, 6) is -0.144. The summed E-state index contributed by atoms with van der Waals surface area (Å²) < 4.78 is 10.0. The molecule has 1 saturated heterocycles. The minimum atomic E-state index is -0.691. The molecule has 0 radical (unpaired) electrons. The van der Waals surface area contributed by atoms with E-state index < -0.39 is 9.90 Å². The van der Waals surface area contributed by atoms with Crippen LogP contribution in [0.25, 0.3) is 0 Å². The van der Waals surface area contributed by atoms with Crippen molar-refractivity contribution in [3.63, 3.8) is 0 Å². The molecule has 1 aliphatic rings. The molecule has 0 spiro atoms. The zero-order valence-corrected chi connectivity index (χ0v) is 9.76. The Kier molecular flexibility index (Phi) is 3.36. The third kappa shape index (κ3) is 2.31. The van der Waals surface area contributed by atoms with Crippen LogP contribution in [0, 0.1) is 0 Å². The molecule has 1 heterocycles. The van der Waals surface area contributed by atoms with Crippen molar-refractivity contribution < 1.29 is 14.3 Å². The van der Waals surface area contributed by atoms with Crippen LogP contribution in [0.3, 0.4) is 0 Å². The first-order valence-electron chi connectivity index (χ1n) is 3.59. The fraction of sp³-hybridized carbons (Fsp3) is 0.857. The van der Waals surface area contributed by atoms with Gasteiger partial charge in [-0.2, -0.15) is 0 Å². The number of alkyl halides is 2. The molecule has 0 N–H and O–H groups in total. The van der Waals surface area contributed by atoms with Crippen LogP contribution in [0.2, 0.25) is 0 Å². The van der Waals surface area contributed by atoms with Crippen molar-refractivity contribution in [2.24, 2.45) is 0 Å². The highest BCUT2D eigenvalue weighted by Gasteiger charge is 2.43. The van der Waals surface area contributed by atoms with Crippen LogP contribution in [0.5, 0.6) is 0 Å². The highest BCUT2D eigenvalue weighted by molar-refractivity contribution is 14.1. The van der Waals surface area contributed by atoms with Gasteiger partial charge in [-0.3, -0.25) is 4.79 Å². The van der Waals surface area contributed by atoms with Crippen molar-refractivity contribution in [1.82, 2.24) is 0 Å². The highest BCUT2D eigenvalue weighted by Crippen LogP contribution is 2.34. The molecule has 0 saturated carbocycles. The SMILES string of the molecule is C[C@@H]1OC(C)(I)OC1C(=O)CCl. The maximum Gasteiger partial charge on any atom is 0.219 e. The van der Waals surface area contributed by atoms with Crippen molar-refractivity contribution in [3.05, 3.63) is 0 Å². The van der Waals surface area contributed by atoms with E-state index in [1.54, 1.807) is 13.8 Å². The lowest BCUT2D eigenvalue weighted by molar-refractivity contribution is -0.129. The molecule has 3 atom stereocenters. The van der Waals surface area contributed by atoms with Gasteiger partial charge in [0.15, 0.2) is 5.78 Å². The molecule has 1 aliphatic heterocycles. The van der Waals surface area contributed by atoms with Gasteiger partial charge in [0.2, 0.25) is 3.79 Å². The Balaban J connectivity index is 2.64. The molecular weight excluding hydrogens is 294 g/mol. The maximum absolute atomic E-state index is 11.2. The number of carbonyl (C=O) groups excluding carboxylic acids is 1. The summed E-state index contributed by atoms with van der Waals surface area (Å²) in [6.45, 7) is 3.57. The number of carbonyl (C=O) groups is 1. The monoisotopic (exact) mass is 304 g/mol. The Morgan fingerprint density at radius 1 is 1.67 bits per heavy atom. The molecule has 0 amide bonds. The van der Waals surface area contributed by atoms with E-state index in [0.717, 1.165) is 0 Å². The van der Waals surface area contributed by atoms with Gasteiger partial charge < -0.3 is 9.47 Å². The number of ketones is 1. The molecule has 0 aromatic rings. The summed E-state index contributed by atoms with van der Waals surface area (Å²) >= 11 is 7.41. The number of ether oxygens (including phenoxy) is 2. The average Bonchev–Trinajstić information content (AvgIpc) is 2.23. The van der Waals surface area contributed by atoms with Crippen molar-refractivity contribution in [2.45, 2.75) is 29.8 Å². The van der Waals surface area contributed by atoms with E-state index in [2.05, 4.69) is 0 Å². The van der Waals surface area contributed by atoms with E-state index in [9.17, 15) is 4.79 Å². The number of Topliss-reactive ketones (excluding diaryl/α,β-unsaturated/α-hetero) is 1. The van der Waals surface area contributed by atoms with Gasteiger partial charge in [0.05, 0.1) is 12.0 Å². The summed E-state index contributed by atoms with van der Waals surface area (Å²) in [6, 6.07) is 0. The molecule has 3 nitrogen and oxygen atoms in total. The first-order valence-corrected chi connectivity index (χ1v) is 5.21. The summed E-state index contributed by atoms with van der Waals surface area (Å²) in [5, 5.41) is 0.